The quantitative estimate of drug-likeness (QED) is 0.732. The van der Waals surface area contributed by atoms with Crippen molar-refractivity contribution in [2.75, 3.05) is 6.61 Å². The van der Waals surface area contributed by atoms with Crippen LogP contribution in [0.3, 0.4) is 0 Å². The van der Waals surface area contributed by atoms with Gasteiger partial charge in [0.1, 0.15) is 0 Å². The Labute approximate surface area is 92.5 Å². The van der Waals surface area contributed by atoms with Gasteiger partial charge in [-0.25, -0.2) is 0 Å². The van der Waals surface area contributed by atoms with Gasteiger partial charge < -0.3 is 4.74 Å². The van der Waals surface area contributed by atoms with Gasteiger partial charge in [-0.15, -0.1) is 0 Å². The lowest BCUT2D eigenvalue weighted by Gasteiger charge is -2.22. The molecule has 1 aliphatic heterocycles. The van der Waals surface area contributed by atoms with Crippen molar-refractivity contribution in [1.82, 2.24) is 0 Å². The minimum Gasteiger partial charge on any atom is -0.378 e. The molecule has 1 unspecified atom stereocenters. The van der Waals surface area contributed by atoms with Gasteiger partial charge in [-0.05, 0) is 44.6 Å². The van der Waals surface area contributed by atoms with Gasteiger partial charge in [0.2, 0.25) is 0 Å². The summed E-state index contributed by atoms with van der Waals surface area (Å²) >= 11 is 0. The molecule has 1 heterocycles. The maximum absolute atomic E-state index is 5.73. The van der Waals surface area contributed by atoms with E-state index >= 15 is 0 Å². The smallest absolute Gasteiger partial charge is 0.0578 e. The van der Waals surface area contributed by atoms with E-state index in [-0.39, 0.29) is 0 Å². The molecule has 0 aliphatic carbocycles. The van der Waals surface area contributed by atoms with Crippen LogP contribution in [0.2, 0.25) is 0 Å². The van der Waals surface area contributed by atoms with E-state index in [1.54, 1.807) is 0 Å². The molecular formula is C14H20O. The highest BCUT2D eigenvalue weighted by atomic mass is 16.5. The first-order valence-corrected chi connectivity index (χ1v) is 6.02. The van der Waals surface area contributed by atoms with Crippen LogP contribution in [-0.4, -0.2) is 12.7 Å². The SMILES string of the molecule is Cc1cccc(CCC2CCCCO2)c1. The minimum absolute atomic E-state index is 0.513. The number of hydrogen-bond acceptors (Lipinski definition) is 1. The number of aryl methyl sites for hydroxylation is 2. The summed E-state index contributed by atoms with van der Waals surface area (Å²) in [5, 5.41) is 0. The number of ether oxygens (including phenoxy) is 1. The molecule has 1 nitrogen and oxygen atoms in total. The fraction of sp³-hybridized carbons (Fsp3) is 0.571. The fourth-order valence-corrected chi connectivity index (χ4v) is 2.23. The normalized spacial score (nSPS) is 21.5. The molecular weight excluding hydrogens is 184 g/mol. The monoisotopic (exact) mass is 204 g/mol. The highest BCUT2D eigenvalue weighted by Crippen LogP contribution is 2.18. The number of benzene rings is 1. The third-order valence-electron chi connectivity index (χ3n) is 3.11. The van der Waals surface area contributed by atoms with E-state index in [1.165, 1.54) is 36.8 Å². The summed E-state index contributed by atoms with van der Waals surface area (Å²) in [7, 11) is 0. The fourth-order valence-electron chi connectivity index (χ4n) is 2.23. The maximum atomic E-state index is 5.73. The first-order chi connectivity index (χ1) is 7.34. The van der Waals surface area contributed by atoms with Gasteiger partial charge >= 0.3 is 0 Å². The topological polar surface area (TPSA) is 9.23 Å². The zero-order valence-electron chi connectivity index (χ0n) is 9.54. The standard InChI is InChI=1S/C14H20O/c1-12-5-4-6-13(11-12)8-9-14-7-2-3-10-15-14/h4-6,11,14H,2-3,7-10H2,1H3. The van der Waals surface area contributed by atoms with E-state index in [9.17, 15) is 0 Å². The molecule has 0 spiro atoms. The Balaban J connectivity index is 1.81. The summed E-state index contributed by atoms with van der Waals surface area (Å²) < 4.78 is 5.73. The second-order valence-electron chi connectivity index (χ2n) is 4.52. The molecule has 1 aromatic carbocycles. The summed E-state index contributed by atoms with van der Waals surface area (Å²) in [5.41, 5.74) is 2.81. The molecule has 0 bridgehead atoms. The van der Waals surface area contributed by atoms with Gasteiger partial charge in [0.25, 0.3) is 0 Å². The summed E-state index contributed by atoms with van der Waals surface area (Å²) in [5.74, 6) is 0. The zero-order chi connectivity index (χ0) is 10.5. The molecule has 0 saturated carbocycles. The van der Waals surface area contributed by atoms with Crippen LogP contribution >= 0.6 is 0 Å². The molecule has 1 aromatic rings. The molecule has 2 rings (SSSR count). The Hall–Kier alpha value is -0.820. The Kier molecular flexibility index (Phi) is 3.79. The second-order valence-corrected chi connectivity index (χ2v) is 4.52. The van der Waals surface area contributed by atoms with E-state index in [2.05, 4.69) is 31.2 Å². The van der Waals surface area contributed by atoms with E-state index in [1.807, 2.05) is 0 Å². The highest BCUT2D eigenvalue weighted by molar-refractivity contribution is 5.22. The first kappa shape index (κ1) is 10.7. The van der Waals surface area contributed by atoms with E-state index in [4.69, 9.17) is 4.74 Å². The van der Waals surface area contributed by atoms with Crippen LogP contribution in [0, 0.1) is 6.92 Å². The van der Waals surface area contributed by atoms with Crippen molar-refractivity contribution in [3.8, 4) is 0 Å². The second kappa shape index (κ2) is 5.32. The van der Waals surface area contributed by atoms with Crippen LogP contribution in [0.15, 0.2) is 24.3 Å². The lowest BCUT2D eigenvalue weighted by atomic mass is 10.0. The van der Waals surface area contributed by atoms with Crippen molar-refractivity contribution in [2.45, 2.75) is 45.1 Å². The van der Waals surface area contributed by atoms with E-state index < -0.39 is 0 Å². The molecule has 82 valence electrons. The first-order valence-electron chi connectivity index (χ1n) is 6.02. The molecule has 1 heteroatoms. The summed E-state index contributed by atoms with van der Waals surface area (Å²) in [6.45, 7) is 3.12. The van der Waals surface area contributed by atoms with Gasteiger partial charge in [0.15, 0.2) is 0 Å². The van der Waals surface area contributed by atoms with Gasteiger partial charge in [0.05, 0.1) is 6.10 Å². The zero-order valence-corrected chi connectivity index (χ0v) is 9.54. The highest BCUT2D eigenvalue weighted by Gasteiger charge is 2.13. The molecule has 1 saturated heterocycles. The molecule has 15 heavy (non-hydrogen) atoms. The van der Waals surface area contributed by atoms with Crippen molar-refractivity contribution in [3.05, 3.63) is 35.4 Å². The van der Waals surface area contributed by atoms with Crippen LogP contribution in [0.4, 0.5) is 0 Å². The van der Waals surface area contributed by atoms with Gasteiger partial charge in [-0.2, -0.15) is 0 Å². The molecule has 1 aliphatic rings. The van der Waals surface area contributed by atoms with Gasteiger partial charge in [0, 0.05) is 6.61 Å². The molecule has 0 radical (unpaired) electrons. The molecule has 0 amide bonds. The van der Waals surface area contributed by atoms with Gasteiger partial charge in [-0.3, -0.25) is 0 Å². The van der Waals surface area contributed by atoms with Crippen LogP contribution < -0.4 is 0 Å². The largest absolute Gasteiger partial charge is 0.378 e. The van der Waals surface area contributed by atoms with Gasteiger partial charge in [-0.1, -0.05) is 29.8 Å². The van der Waals surface area contributed by atoms with Crippen molar-refractivity contribution >= 4 is 0 Å². The lowest BCUT2D eigenvalue weighted by Crippen LogP contribution is -2.19. The van der Waals surface area contributed by atoms with Crippen LogP contribution in [0.1, 0.15) is 36.8 Å². The maximum Gasteiger partial charge on any atom is 0.0578 e. The van der Waals surface area contributed by atoms with E-state index in [0.29, 0.717) is 6.10 Å². The third-order valence-corrected chi connectivity index (χ3v) is 3.11. The average molecular weight is 204 g/mol. The van der Waals surface area contributed by atoms with Crippen molar-refractivity contribution in [2.24, 2.45) is 0 Å². The number of rotatable bonds is 3. The predicted molar refractivity (Wildman–Crippen MR) is 63.1 cm³/mol. The molecule has 1 atom stereocenters. The van der Waals surface area contributed by atoms with Crippen LogP contribution in [0.5, 0.6) is 0 Å². The van der Waals surface area contributed by atoms with Crippen molar-refractivity contribution < 1.29 is 4.74 Å². The number of hydrogen-bond donors (Lipinski definition) is 0. The third kappa shape index (κ3) is 3.35. The van der Waals surface area contributed by atoms with Crippen LogP contribution in [0.25, 0.3) is 0 Å². The molecule has 0 N–H and O–H groups in total. The lowest BCUT2D eigenvalue weighted by molar-refractivity contribution is 0.0115. The minimum atomic E-state index is 0.513. The Morgan fingerprint density at radius 3 is 3.00 bits per heavy atom. The predicted octanol–water partition coefficient (Wildman–Crippen LogP) is 3.50. The Bertz CT molecular complexity index is 300. The molecule has 1 fully saturated rings. The Morgan fingerprint density at radius 1 is 1.33 bits per heavy atom. The van der Waals surface area contributed by atoms with Crippen molar-refractivity contribution in [1.29, 1.82) is 0 Å². The summed E-state index contributed by atoms with van der Waals surface area (Å²) in [6, 6.07) is 8.80. The summed E-state index contributed by atoms with van der Waals surface area (Å²) in [4.78, 5) is 0. The summed E-state index contributed by atoms with van der Waals surface area (Å²) in [6.07, 6.45) is 6.71. The van der Waals surface area contributed by atoms with Crippen LogP contribution in [-0.2, 0) is 11.2 Å². The molecule has 0 aromatic heterocycles. The Morgan fingerprint density at radius 2 is 2.27 bits per heavy atom. The average Bonchev–Trinajstić information content (AvgIpc) is 2.28. The van der Waals surface area contributed by atoms with Crippen molar-refractivity contribution in [3.63, 3.8) is 0 Å². The van der Waals surface area contributed by atoms with E-state index in [0.717, 1.165) is 13.0 Å².